The summed E-state index contributed by atoms with van der Waals surface area (Å²) in [4.78, 5) is 17.9. The molecule has 0 fully saturated rings. The molecule has 1 amide bonds. The molecule has 2 aromatic carbocycles. The van der Waals surface area contributed by atoms with E-state index < -0.39 is 0 Å². The summed E-state index contributed by atoms with van der Waals surface area (Å²) in [6.45, 7) is 6.81. The second-order valence-corrected chi connectivity index (χ2v) is 6.46. The van der Waals surface area contributed by atoms with Crippen molar-refractivity contribution in [2.75, 3.05) is 13.1 Å². The molecule has 26 heavy (non-hydrogen) atoms. The van der Waals surface area contributed by atoms with Gasteiger partial charge in [-0.05, 0) is 42.7 Å². The van der Waals surface area contributed by atoms with Crippen LogP contribution in [0, 0.1) is 12.7 Å². The van der Waals surface area contributed by atoms with Crippen molar-refractivity contribution in [3.05, 3.63) is 83.8 Å². The third-order valence-electron chi connectivity index (χ3n) is 4.62. The highest BCUT2D eigenvalue weighted by atomic mass is 19.1. The highest BCUT2D eigenvalue weighted by Crippen LogP contribution is 2.24. The zero-order chi connectivity index (χ0) is 18.5. The molecule has 4 heteroatoms. The molecule has 1 N–H and O–H groups in total. The first-order valence-electron chi connectivity index (χ1n) is 8.78. The summed E-state index contributed by atoms with van der Waals surface area (Å²) >= 11 is 0. The van der Waals surface area contributed by atoms with Crippen LogP contribution in [0.25, 0.3) is 10.9 Å². The molecule has 1 aromatic heterocycles. The Morgan fingerprint density at radius 1 is 1.23 bits per heavy atom. The number of H-pyrrole nitrogens is 1. The molecule has 0 aliphatic carbocycles. The third kappa shape index (κ3) is 4.02. The van der Waals surface area contributed by atoms with E-state index >= 15 is 0 Å². The Bertz CT molecular complexity index is 915. The summed E-state index contributed by atoms with van der Waals surface area (Å²) in [5.41, 5.74) is 3.81. The van der Waals surface area contributed by atoms with Gasteiger partial charge < -0.3 is 9.88 Å². The van der Waals surface area contributed by atoms with Gasteiger partial charge in [-0.3, -0.25) is 4.79 Å². The number of carbonyl (C=O) groups is 1. The van der Waals surface area contributed by atoms with Crippen molar-refractivity contribution in [3.63, 3.8) is 0 Å². The Hall–Kier alpha value is -2.88. The number of hydrogen-bond acceptors (Lipinski definition) is 1. The van der Waals surface area contributed by atoms with Gasteiger partial charge in [0.2, 0.25) is 5.91 Å². The van der Waals surface area contributed by atoms with Crippen molar-refractivity contribution in [1.82, 2.24) is 9.88 Å². The van der Waals surface area contributed by atoms with E-state index in [1.807, 2.05) is 25.1 Å². The van der Waals surface area contributed by atoms with Gasteiger partial charge in [-0.25, -0.2) is 4.39 Å². The SMILES string of the molecule is C=CCN(CCc1ccccc1)C(=O)Cc1c(C)[nH]c2ccc(F)cc12. The summed E-state index contributed by atoms with van der Waals surface area (Å²) in [7, 11) is 0. The van der Waals surface area contributed by atoms with Crippen molar-refractivity contribution in [2.45, 2.75) is 19.8 Å². The standard InChI is InChI=1S/C22H23FN2O/c1-3-12-25(13-11-17-7-5-4-6-8-17)22(26)15-19-16(2)24-21-10-9-18(23)14-20(19)21/h3-10,14,24H,1,11-13,15H2,2H3. The Balaban J connectivity index is 1.76. The molecule has 0 aliphatic rings. The molecular weight excluding hydrogens is 327 g/mol. The normalized spacial score (nSPS) is 10.8. The van der Waals surface area contributed by atoms with Crippen LogP contribution < -0.4 is 0 Å². The van der Waals surface area contributed by atoms with E-state index in [1.54, 1.807) is 17.0 Å². The summed E-state index contributed by atoms with van der Waals surface area (Å²) in [5.74, 6) is -0.272. The third-order valence-corrected chi connectivity index (χ3v) is 4.62. The molecule has 0 unspecified atom stereocenters. The first-order chi connectivity index (χ1) is 12.6. The van der Waals surface area contributed by atoms with Crippen molar-refractivity contribution in [1.29, 1.82) is 0 Å². The minimum atomic E-state index is -0.294. The first kappa shape index (κ1) is 17.9. The van der Waals surface area contributed by atoms with Crippen LogP contribution in [0.3, 0.4) is 0 Å². The Labute approximate surface area is 153 Å². The molecule has 134 valence electrons. The van der Waals surface area contributed by atoms with E-state index in [4.69, 9.17) is 0 Å². The summed E-state index contributed by atoms with van der Waals surface area (Å²) < 4.78 is 13.6. The maximum absolute atomic E-state index is 13.6. The zero-order valence-electron chi connectivity index (χ0n) is 15.0. The lowest BCUT2D eigenvalue weighted by atomic mass is 10.1. The Morgan fingerprint density at radius 2 is 2.00 bits per heavy atom. The molecule has 0 saturated heterocycles. The van der Waals surface area contributed by atoms with E-state index in [-0.39, 0.29) is 18.1 Å². The molecular formula is C22H23FN2O. The van der Waals surface area contributed by atoms with Gasteiger partial charge in [0.1, 0.15) is 5.82 Å². The number of aryl methyl sites for hydroxylation is 1. The van der Waals surface area contributed by atoms with Crippen LogP contribution >= 0.6 is 0 Å². The molecule has 1 heterocycles. The van der Waals surface area contributed by atoms with Gasteiger partial charge in [0.05, 0.1) is 6.42 Å². The van der Waals surface area contributed by atoms with Gasteiger partial charge in [-0.15, -0.1) is 6.58 Å². The van der Waals surface area contributed by atoms with Crippen LogP contribution in [0.2, 0.25) is 0 Å². The summed E-state index contributed by atoms with van der Waals surface area (Å²) in [6, 6.07) is 14.7. The number of carbonyl (C=O) groups excluding carboxylic acids is 1. The van der Waals surface area contributed by atoms with Gasteiger partial charge in [0.25, 0.3) is 0 Å². The van der Waals surface area contributed by atoms with Crippen molar-refractivity contribution in [3.8, 4) is 0 Å². The molecule has 0 saturated carbocycles. The number of aromatic nitrogens is 1. The largest absolute Gasteiger partial charge is 0.358 e. The van der Waals surface area contributed by atoms with Crippen molar-refractivity contribution >= 4 is 16.8 Å². The van der Waals surface area contributed by atoms with Crippen molar-refractivity contribution in [2.24, 2.45) is 0 Å². The van der Waals surface area contributed by atoms with Crippen LogP contribution in [-0.4, -0.2) is 28.9 Å². The minimum absolute atomic E-state index is 0.0223. The highest BCUT2D eigenvalue weighted by Gasteiger charge is 2.17. The number of halogens is 1. The van der Waals surface area contributed by atoms with Gasteiger partial charge >= 0.3 is 0 Å². The molecule has 3 aromatic rings. The molecule has 0 aliphatic heterocycles. The van der Waals surface area contributed by atoms with E-state index in [0.29, 0.717) is 13.1 Å². The predicted octanol–water partition coefficient (Wildman–Crippen LogP) is 4.42. The number of aromatic amines is 1. The van der Waals surface area contributed by atoms with Crippen LogP contribution in [0.5, 0.6) is 0 Å². The average Bonchev–Trinajstić information content (AvgIpc) is 2.94. The molecule has 3 rings (SSSR count). The van der Waals surface area contributed by atoms with Crippen molar-refractivity contribution < 1.29 is 9.18 Å². The number of hydrogen-bond donors (Lipinski definition) is 1. The van der Waals surface area contributed by atoms with Gasteiger partial charge in [-0.2, -0.15) is 0 Å². The molecule has 3 nitrogen and oxygen atoms in total. The second-order valence-electron chi connectivity index (χ2n) is 6.46. The highest BCUT2D eigenvalue weighted by molar-refractivity contribution is 5.90. The molecule has 0 radical (unpaired) electrons. The first-order valence-corrected chi connectivity index (χ1v) is 8.78. The number of amides is 1. The lowest BCUT2D eigenvalue weighted by Gasteiger charge is -2.21. The fourth-order valence-electron chi connectivity index (χ4n) is 3.23. The lowest BCUT2D eigenvalue weighted by molar-refractivity contribution is -0.129. The maximum Gasteiger partial charge on any atom is 0.227 e. The number of benzene rings is 2. The number of fused-ring (bicyclic) bond motifs is 1. The second kappa shape index (κ2) is 8.00. The van der Waals surface area contributed by atoms with E-state index in [2.05, 4.69) is 23.7 Å². The summed E-state index contributed by atoms with van der Waals surface area (Å²) in [6.07, 6.45) is 2.78. The molecule has 0 bridgehead atoms. The quantitative estimate of drug-likeness (QED) is 0.629. The lowest BCUT2D eigenvalue weighted by Crippen LogP contribution is -2.34. The molecule has 0 spiro atoms. The van der Waals surface area contributed by atoms with Crippen LogP contribution in [0.15, 0.2) is 61.2 Å². The Kier molecular flexibility index (Phi) is 5.52. The zero-order valence-corrected chi connectivity index (χ0v) is 15.0. The maximum atomic E-state index is 13.6. The smallest absolute Gasteiger partial charge is 0.227 e. The number of nitrogens with zero attached hydrogens (tertiary/aromatic N) is 1. The minimum Gasteiger partial charge on any atom is -0.358 e. The fourth-order valence-corrected chi connectivity index (χ4v) is 3.23. The van der Waals surface area contributed by atoms with Gasteiger partial charge in [0.15, 0.2) is 0 Å². The number of nitrogens with one attached hydrogen (secondary N) is 1. The number of rotatable bonds is 7. The topological polar surface area (TPSA) is 36.1 Å². The predicted molar refractivity (Wildman–Crippen MR) is 104 cm³/mol. The molecule has 0 atom stereocenters. The van der Waals surface area contributed by atoms with E-state index in [9.17, 15) is 9.18 Å². The van der Waals surface area contributed by atoms with E-state index in [0.717, 1.165) is 28.6 Å². The van der Waals surface area contributed by atoms with Gasteiger partial charge in [-0.1, -0.05) is 36.4 Å². The van der Waals surface area contributed by atoms with E-state index in [1.165, 1.54) is 17.7 Å². The van der Waals surface area contributed by atoms with Crippen LogP contribution in [0.4, 0.5) is 4.39 Å². The fraction of sp³-hybridized carbons (Fsp3) is 0.227. The average molecular weight is 350 g/mol. The van der Waals surface area contributed by atoms with Crippen LogP contribution in [0.1, 0.15) is 16.8 Å². The van der Waals surface area contributed by atoms with Crippen LogP contribution in [-0.2, 0) is 17.6 Å². The Morgan fingerprint density at radius 3 is 2.73 bits per heavy atom. The monoisotopic (exact) mass is 350 g/mol. The van der Waals surface area contributed by atoms with Gasteiger partial charge in [0, 0.05) is 29.7 Å². The summed E-state index contributed by atoms with van der Waals surface area (Å²) in [5, 5.41) is 0.775.